The summed E-state index contributed by atoms with van der Waals surface area (Å²) in [5.41, 5.74) is 7.78. The maximum atomic E-state index is 4.61. The Labute approximate surface area is 97.5 Å². The molecule has 0 amide bonds. The molecule has 0 bridgehead atoms. The van der Waals surface area contributed by atoms with Gasteiger partial charge >= 0.3 is 0 Å². The van der Waals surface area contributed by atoms with Gasteiger partial charge in [0.15, 0.2) is 0 Å². The Morgan fingerprint density at radius 2 is 1.38 bits per heavy atom. The van der Waals surface area contributed by atoms with Crippen molar-refractivity contribution in [1.82, 2.24) is 4.98 Å². The summed E-state index contributed by atoms with van der Waals surface area (Å²) in [4.78, 5) is 4.61. The fourth-order valence-corrected chi connectivity index (χ4v) is 2.43. The molecular formula is C15H19N. The Bertz CT molecular complexity index is 580. The van der Waals surface area contributed by atoms with Gasteiger partial charge < -0.3 is 0 Å². The first-order valence-electron chi connectivity index (χ1n) is 5.77. The van der Waals surface area contributed by atoms with Crippen molar-refractivity contribution in [2.75, 3.05) is 0 Å². The molecule has 0 N–H and O–H groups in total. The highest BCUT2D eigenvalue weighted by Gasteiger charge is 2.11. The van der Waals surface area contributed by atoms with Crippen LogP contribution in [0, 0.1) is 41.5 Å². The van der Waals surface area contributed by atoms with Gasteiger partial charge in [-0.15, -0.1) is 0 Å². The minimum Gasteiger partial charge on any atom is -0.258 e. The number of nitrogens with zero attached hydrogens (tertiary/aromatic N) is 1. The standard InChI is InChI=1S/C15H19N/c1-8-7-14-13(6)16-12(5)11(4)15(14)10(3)9(8)2/h7H,1-6H3. The van der Waals surface area contributed by atoms with Crippen molar-refractivity contribution in [1.29, 1.82) is 0 Å². The fourth-order valence-electron chi connectivity index (χ4n) is 2.43. The van der Waals surface area contributed by atoms with Crippen molar-refractivity contribution in [3.63, 3.8) is 0 Å². The molecule has 1 heteroatoms. The molecule has 0 aliphatic heterocycles. The Morgan fingerprint density at radius 1 is 0.750 bits per heavy atom. The number of aryl methyl sites for hydroxylation is 5. The number of benzene rings is 1. The molecule has 84 valence electrons. The van der Waals surface area contributed by atoms with Gasteiger partial charge in [-0.2, -0.15) is 0 Å². The maximum absolute atomic E-state index is 4.61. The quantitative estimate of drug-likeness (QED) is 0.642. The van der Waals surface area contributed by atoms with Gasteiger partial charge in [0.25, 0.3) is 0 Å². The van der Waals surface area contributed by atoms with Crippen molar-refractivity contribution >= 4 is 10.8 Å². The first-order chi connectivity index (χ1) is 7.43. The third-order valence-electron chi connectivity index (χ3n) is 3.80. The van der Waals surface area contributed by atoms with Crippen molar-refractivity contribution in [2.24, 2.45) is 0 Å². The zero-order chi connectivity index (χ0) is 12.0. The summed E-state index contributed by atoms with van der Waals surface area (Å²) in [5, 5.41) is 2.71. The van der Waals surface area contributed by atoms with E-state index in [-0.39, 0.29) is 0 Å². The lowest BCUT2D eigenvalue weighted by Gasteiger charge is -2.15. The monoisotopic (exact) mass is 213 g/mol. The average molecular weight is 213 g/mol. The fraction of sp³-hybridized carbons (Fsp3) is 0.400. The molecule has 2 rings (SSSR count). The number of fused-ring (bicyclic) bond motifs is 1. The average Bonchev–Trinajstić information content (AvgIpc) is 2.22. The van der Waals surface area contributed by atoms with E-state index in [2.05, 4.69) is 52.6 Å². The first kappa shape index (κ1) is 11.1. The second-order valence-corrected chi connectivity index (χ2v) is 4.77. The summed E-state index contributed by atoms with van der Waals surface area (Å²) < 4.78 is 0. The third-order valence-corrected chi connectivity index (χ3v) is 3.80. The topological polar surface area (TPSA) is 12.9 Å². The predicted molar refractivity (Wildman–Crippen MR) is 70.2 cm³/mol. The lowest BCUT2D eigenvalue weighted by atomic mass is 9.93. The van der Waals surface area contributed by atoms with Crippen LogP contribution in [0.1, 0.15) is 33.6 Å². The summed E-state index contributed by atoms with van der Waals surface area (Å²) in [6, 6.07) is 2.27. The van der Waals surface area contributed by atoms with Gasteiger partial charge in [0, 0.05) is 16.8 Å². The first-order valence-corrected chi connectivity index (χ1v) is 5.77. The lowest BCUT2D eigenvalue weighted by molar-refractivity contribution is 1.11. The molecule has 0 spiro atoms. The van der Waals surface area contributed by atoms with Gasteiger partial charge in [0.2, 0.25) is 0 Å². The normalized spacial score (nSPS) is 11.1. The molecule has 0 aliphatic carbocycles. The van der Waals surface area contributed by atoms with Crippen LogP contribution < -0.4 is 0 Å². The number of rotatable bonds is 0. The zero-order valence-electron chi connectivity index (χ0n) is 11.0. The van der Waals surface area contributed by atoms with E-state index in [1.807, 2.05) is 0 Å². The molecule has 1 heterocycles. The van der Waals surface area contributed by atoms with Crippen LogP contribution in [0.5, 0.6) is 0 Å². The number of hydrogen-bond donors (Lipinski definition) is 0. The van der Waals surface area contributed by atoms with Crippen LogP contribution in [-0.4, -0.2) is 4.98 Å². The highest BCUT2D eigenvalue weighted by atomic mass is 14.7. The van der Waals surface area contributed by atoms with Crippen LogP contribution >= 0.6 is 0 Å². The molecule has 0 saturated heterocycles. The molecule has 0 saturated carbocycles. The van der Waals surface area contributed by atoms with E-state index in [1.165, 1.54) is 33.0 Å². The van der Waals surface area contributed by atoms with Crippen LogP contribution in [0.25, 0.3) is 10.8 Å². The number of aromatic nitrogens is 1. The van der Waals surface area contributed by atoms with E-state index in [0.717, 1.165) is 11.4 Å². The van der Waals surface area contributed by atoms with Gasteiger partial charge in [-0.1, -0.05) is 0 Å². The Hall–Kier alpha value is -1.37. The van der Waals surface area contributed by atoms with E-state index in [0.29, 0.717) is 0 Å². The SMILES string of the molecule is Cc1cc2c(C)nc(C)c(C)c2c(C)c1C. The van der Waals surface area contributed by atoms with Gasteiger partial charge in [-0.05, 0) is 75.2 Å². The summed E-state index contributed by atoms with van der Waals surface area (Å²) in [6.07, 6.45) is 0. The van der Waals surface area contributed by atoms with E-state index >= 15 is 0 Å². The van der Waals surface area contributed by atoms with Gasteiger partial charge in [0.1, 0.15) is 0 Å². The molecular weight excluding hydrogens is 194 g/mol. The molecule has 16 heavy (non-hydrogen) atoms. The van der Waals surface area contributed by atoms with Crippen molar-refractivity contribution in [3.05, 3.63) is 39.7 Å². The minimum atomic E-state index is 1.14. The molecule has 0 unspecified atom stereocenters. The summed E-state index contributed by atoms with van der Waals surface area (Å²) in [6.45, 7) is 13.0. The van der Waals surface area contributed by atoms with E-state index in [9.17, 15) is 0 Å². The summed E-state index contributed by atoms with van der Waals surface area (Å²) in [5.74, 6) is 0. The van der Waals surface area contributed by atoms with Crippen molar-refractivity contribution < 1.29 is 0 Å². The minimum absolute atomic E-state index is 1.14. The van der Waals surface area contributed by atoms with Crippen molar-refractivity contribution in [3.8, 4) is 0 Å². The highest BCUT2D eigenvalue weighted by molar-refractivity contribution is 5.92. The largest absolute Gasteiger partial charge is 0.258 e. The molecule has 0 radical (unpaired) electrons. The van der Waals surface area contributed by atoms with Crippen LogP contribution in [0.4, 0.5) is 0 Å². The molecule has 0 fully saturated rings. The maximum Gasteiger partial charge on any atom is 0.0454 e. The number of pyridine rings is 1. The van der Waals surface area contributed by atoms with E-state index in [1.54, 1.807) is 0 Å². The van der Waals surface area contributed by atoms with Gasteiger partial charge in [-0.25, -0.2) is 0 Å². The molecule has 0 aliphatic rings. The molecule has 1 aromatic carbocycles. The van der Waals surface area contributed by atoms with Crippen LogP contribution in [0.15, 0.2) is 6.07 Å². The Morgan fingerprint density at radius 3 is 2.00 bits per heavy atom. The second-order valence-electron chi connectivity index (χ2n) is 4.77. The molecule has 1 aromatic heterocycles. The van der Waals surface area contributed by atoms with Crippen LogP contribution in [0.3, 0.4) is 0 Å². The van der Waals surface area contributed by atoms with Crippen molar-refractivity contribution in [2.45, 2.75) is 41.5 Å². The summed E-state index contributed by atoms with van der Waals surface area (Å²) >= 11 is 0. The third kappa shape index (κ3) is 1.42. The Kier molecular flexibility index (Phi) is 2.49. The predicted octanol–water partition coefficient (Wildman–Crippen LogP) is 4.09. The highest BCUT2D eigenvalue weighted by Crippen LogP contribution is 2.30. The van der Waals surface area contributed by atoms with E-state index in [4.69, 9.17) is 0 Å². The smallest absolute Gasteiger partial charge is 0.0454 e. The molecule has 1 nitrogen and oxygen atoms in total. The number of hydrogen-bond acceptors (Lipinski definition) is 1. The zero-order valence-corrected chi connectivity index (χ0v) is 11.0. The van der Waals surface area contributed by atoms with Gasteiger partial charge in [0.05, 0.1) is 0 Å². The van der Waals surface area contributed by atoms with Crippen LogP contribution in [0.2, 0.25) is 0 Å². The summed E-state index contributed by atoms with van der Waals surface area (Å²) in [7, 11) is 0. The van der Waals surface area contributed by atoms with E-state index < -0.39 is 0 Å². The van der Waals surface area contributed by atoms with Crippen LogP contribution in [-0.2, 0) is 0 Å². The lowest BCUT2D eigenvalue weighted by Crippen LogP contribution is -1.98. The second kappa shape index (κ2) is 3.58. The van der Waals surface area contributed by atoms with Gasteiger partial charge in [-0.3, -0.25) is 4.98 Å². The molecule has 0 atom stereocenters. The Balaban J connectivity index is 3.07. The molecule has 2 aromatic rings.